The van der Waals surface area contributed by atoms with Gasteiger partial charge in [-0.2, -0.15) is 5.10 Å². The first-order valence-corrected chi connectivity index (χ1v) is 7.79. The Bertz CT molecular complexity index is 637. The van der Waals surface area contributed by atoms with E-state index >= 15 is 0 Å². The van der Waals surface area contributed by atoms with E-state index in [0.29, 0.717) is 13.0 Å². The third-order valence-corrected chi connectivity index (χ3v) is 4.17. The molecule has 0 saturated carbocycles. The normalized spacial score (nSPS) is 17.0. The van der Waals surface area contributed by atoms with Gasteiger partial charge in [-0.3, -0.25) is 4.79 Å². The average molecular weight is 299 g/mol. The molecule has 0 fully saturated rings. The Morgan fingerprint density at radius 1 is 1.36 bits per heavy atom. The molecule has 1 aliphatic carbocycles. The SMILES string of the molecule is O=C(C[C@@H]1CCCc2c1cnn2-c1ccccc1)NCCO. The monoisotopic (exact) mass is 299 g/mol. The molecule has 0 spiro atoms. The number of rotatable bonds is 5. The standard InChI is InChI=1S/C17H21N3O2/c21-10-9-18-17(22)11-13-5-4-8-16-15(13)12-19-20(16)14-6-2-1-3-7-14/h1-3,6-7,12-13,21H,4-5,8-11H2,(H,18,22)/t13-/m0/s1. The van der Waals surface area contributed by atoms with Crippen LogP contribution in [0.2, 0.25) is 0 Å². The number of carbonyl (C=O) groups excluding carboxylic acids is 1. The van der Waals surface area contributed by atoms with Crippen molar-refractivity contribution >= 4 is 5.91 Å². The molecule has 0 radical (unpaired) electrons. The molecule has 0 unspecified atom stereocenters. The number of aromatic nitrogens is 2. The van der Waals surface area contributed by atoms with Gasteiger partial charge in [-0.25, -0.2) is 4.68 Å². The molecule has 1 aliphatic rings. The second kappa shape index (κ2) is 6.75. The summed E-state index contributed by atoms with van der Waals surface area (Å²) in [4.78, 5) is 11.9. The summed E-state index contributed by atoms with van der Waals surface area (Å²) < 4.78 is 1.99. The highest BCUT2D eigenvalue weighted by Crippen LogP contribution is 2.34. The van der Waals surface area contributed by atoms with Crippen LogP contribution in [0.1, 0.15) is 36.4 Å². The second-order valence-electron chi connectivity index (χ2n) is 5.66. The largest absolute Gasteiger partial charge is 0.395 e. The summed E-state index contributed by atoms with van der Waals surface area (Å²) >= 11 is 0. The smallest absolute Gasteiger partial charge is 0.220 e. The minimum atomic E-state index is -0.0202. The molecule has 1 amide bonds. The van der Waals surface area contributed by atoms with Gasteiger partial charge in [0.15, 0.2) is 0 Å². The molecule has 1 atom stereocenters. The minimum absolute atomic E-state index is 0.000592. The molecule has 5 heteroatoms. The molecule has 1 heterocycles. The lowest BCUT2D eigenvalue weighted by molar-refractivity contribution is -0.121. The van der Waals surface area contributed by atoms with Gasteiger partial charge in [0.1, 0.15) is 0 Å². The molecule has 0 saturated heterocycles. The summed E-state index contributed by atoms with van der Waals surface area (Å²) in [5.74, 6) is 0.222. The van der Waals surface area contributed by atoms with E-state index < -0.39 is 0 Å². The van der Waals surface area contributed by atoms with E-state index in [-0.39, 0.29) is 18.4 Å². The molecular weight excluding hydrogens is 278 g/mol. The number of nitrogens with zero attached hydrogens (tertiary/aromatic N) is 2. The second-order valence-corrected chi connectivity index (χ2v) is 5.66. The summed E-state index contributed by atoms with van der Waals surface area (Å²) in [6.07, 6.45) is 5.46. The molecule has 2 N–H and O–H groups in total. The van der Waals surface area contributed by atoms with Crippen LogP contribution in [-0.4, -0.2) is 33.9 Å². The quantitative estimate of drug-likeness (QED) is 0.884. The molecule has 5 nitrogen and oxygen atoms in total. The Morgan fingerprint density at radius 2 is 2.18 bits per heavy atom. The van der Waals surface area contributed by atoms with Crippen molar-refractivity contribution in [1.29, 1.82) is 0 Å². The third kappa shape index (κ3) is 3.04. The van der Waals surface area contributed by atoms with E-state index in [2.05, 4.69) is 10.4 Å². The van der Waals surface area contributed by atoms with Crippen LogP contribution in [0.3, 0.4) is 0 Å². The van der Waals surface area contributed by atoms with Gasteiger partial charge >= 0.3 is 0 Å². The van der Waals surface area contributed by atoms with Crippen LogP contribution in [0, 0.1) is 0 Å². The van der Waals surface area contributed by atoms with Gasteiger partial charge in [0.2, 0.25) is 5.91 Å². The van der Waals surface area contributed by atoms with E-state index in [1.165, 1.54) is 11.3 Å². The van der Waals surface area contributed by atoms with Crippen molar-refractivity contribution in [2.45, 2.75) is 31.6 Å². The van der Waals surface area contributed by atoms with E-state index in [0.717, 1.165) is 24.9 Å². The zero-order chi connectivity index (χ0) is 15.4. The molecule has 0 aliphatic heterocycles. The first kappa shape index (κ1) is 14.8. The number of fused-ring (bicyclic) bond motifs is 1. The van der Waals surface area contributed by atoms with Crippen LogP contribution in [-0.2, 0) is 11.2 Å². The zero-order valence-corrected chi connectivity index (χ0v) is 12.5. The molecule has 22 heavy (non-hydrogen) atoms. The Kier molecular flexibility index (Phi) is 4.53. The maximum Gasteiger partial charge on any atom is 0.220 e. The van der Waals surface area contributed by atoms with Crippen LogP contribution in [0.15, 0.2) is 36.5 Å². The summed E-state index contributed by atoms with van der Waals surface area (Å²) in [5.41, 5.74) is 3.47. The van der Waals surface area contributed by atoms with Crippen molar-refractivity contribution < 1.29 is 9.90 Å². The molecular formula is C17H21N3O2. The van der Waals surface area contributed by atoms with Gasteiger partial charge in [-0.05, 0) is 42.9 Å². The maximum atomic E-state index is 11.9. The maximum absolute atomic E-state index is 11.9. The van der Waals surface area contributed by atoms with Crippen LogP contribution in [0.25, 0.3) is 5.69 Å². The highest BCUT2D eigenvalue weighted by molar-refractivity contribution is 5.77. The van der Waals surface area contributed by atoms with Crippen LogP contribution < -0.4 is 5.32 Å². The summed E-state index contributed by atoms with van der Waals surface area (Å²) in [6, 6.07) is 10.1. The Morgan fingerprint density at radius 3 is 2.95 bits per heavy atom. The summed E-state index contributed by atoms with van der Waals surface area (Å²) in [6.45, 7) is 0.301. The number of benzene rings is 1. The van der Waals surface area contributed by atoms with Gasteiger partial charge in [-0.15, -0.1) is 0 Å². The summed E-state index contributed by atoms with van der Waals surface area (Å²) in [5, 5.41) is 16.0. The van der Waals surface area contributed by atoms with Crippen molar-refractivity contribution in [2.24, 2.45) is 0 Å². The number of carbonyl (C=O) groups is 1. The number of nitrogens with one attached hydrogen (secondary N) is 1. The van der Waals surface area contributed by atoms with E-state index in [4.69, 9.17) is 5.11 Å². The predicted molar refractivity (Wildman–Crippen MR) is 84.0 cm³/mol. The lowest BCUT2D eigenvalue weighted by Gasteiger charge is -2.22. The lowest BCUT2D eigenvalue weighted by Crippen LogP contribution is -2.28. The fraction of sp³-hybridized carbons (Fsp3) is 0.412. The van der Waals surface area contributed by atoms with Gasteiger partial charge < -0.3 is 10.4 Å². The van der Waals surface area contributed by atoms with E-state index in [1.807, 2.05) is 41.2 Å². The third-order valence-electron chi connectivity index (χ3n) is 4.17. The lowest BCUT2D eigenvalue weighted by atomic mass is 9.84. The first-order valence-electron chi connectivity index (χ1n) is 7.79. The summed E-state index contributed by atoms with van der Waals surface area (Å²) in [7, 11) is 0. The van der Waals surface area contributed by atoms with Gasteiger partial charge in [0.05, 0.1) is 18.5 Å². The number of aliphatic hydroxyl groups excluding tert-OH is 1. The van der Waals surface area contributed by atoms with E-state index in [1.54, 1.807) is 0 Å². The average Bonchev–Trinajstić information content (AvgIpc) is 2.99. The highest BCUT2D eigenvalue weighted by Gasteiger charge is 2.26. The van der Waals surface area contributed by atoms with Crippen molar-refractivity contribution in [3.63, 3.8) is 0 Å². The van der Waals surface area contributed by atoms with Crippen molar-refractivity contribution in [1.82, 2.24) is 15.1 Å². The number of hydrogen-bond donors (Lipinski definition) is 2. The Labute approximate surface area is 130 Å². The predicted octanol–water partition coefficient (Wildman–Crippen LogP) is 1.79. The molecule has 116 valence electrons. The zero-order valence-electron chi connectivity index (χ0n) is 12.5. The number of amides is 1. The van der Waals surface area contributed by atoms with Crippen LogP contribution in [0.4, 0.5) is 0 Å². The first-order chi connectivity index (χ1) is 10.8. The highest BCUT2D eigenvalue weighted by atomic mass is 16.3. The molecule has 1 aromatic carbocycles. The number of hydrogen-bond acceptors (Lipinski definition) is 3. The van der Waals surface area contributed by atoms with Crippen molar-refractivity contribution in [3.8, 4) is 5.69 Å². The Hall–Kier alpha value is -2.14. The Balaban J connectivity index is 1.80. The fourth-order valence-electron chi connectivity index (χ4n) is 3.14. The van der Waals surface area contributed by atoms with Gasteiger partial charge in [0.25, 0.3) is 0 Å². The van der Waals surface area contributed by atoms with Gasteiger partial charge in [0, 0.05) is 18.7 Å². The number of aliphatic hydroxyl groups is 1. The molecule has 0 bridgehead atoms. The van der Waals surface area contributed by atoms with Crippen LogP contribution in [0.5, 0.6) is 0 Å². The number of para-hydroxylation sites is 1. The fourth-order valence-corrected chi connectivity index (χ4v) is 3.14. The van der Waals surface area contributed by atoms with Crippen LogP contribution >= 0.6 is 0 Å². The van der Waals surface area contributed by atoms with Crippen molar-refractivity contribution in [3.05, 3.63) is 47.8 Å². The molecule has 2 aromatic rings. The minimum Gasteiger partial charge on any atom is -0.395 e. The topological polar surface area (TPSA) is 67.2 Å². The molecule has 1 aromatic heterocycles. The van der Waals surface area contributed by atoms with E-state index in [9.17, 15) is 4.79 Å². The van der Waals surface area contributed by atoms with Gasteiger partial charge in [-0.1, -0.05) is 18.2 Å². The molecule has 3 rings (SSSR count). The van der Waals surface area contributed by atoms with Crippen molar-refractivity contribution in [2.75, 3.05) is 13.2 Å².